The quantitative estimate of drug-likeness (QED) is 0.846. The predicted octanol–water partition coefficient (Wildman–Crippen LogP) is 1.36. The zero-order chi connectivity index (χ0) is 11.7. The maximum atomic E-state index is 13.9. The van der Waals surface area contributed by atoms with Gasteiger partial charge in [0.25, 0.3) is 0 Å². The molecular weight excluding hydrogens is 219 g/mol. The van der Waals surface area contributed by atoms with Gasteiger partial charge in [-0.1, -0.05) is 0 Å². The number of halogens is 1. The van der Waals surface area contributed by atoms with Crippen LogP contribution in [0.25, 0.3) is 5.69 Å². The molecule has 1 aromatic carbocycles. The van der Waals surface area contributed by atoms with Crippen molar-refractivity contribution in [2.75, 3.05) is 13.1 Å². The molecule has 5 heteroatoms. The van der Waals surface area contributed by atoms with Crippen molar-refractivity contribution in [3.05, 3.63) is 48.0 Å². The second kappa shape index (κ2) is 4.01. The summed E-state index contributed by atoms with van der Waals surface area (Å²) >= 11 is 0. The molecule has 2 aromatic rings. The van der Waals surface area contributed by atoms with Crippen LogP contribution in [0, 0.1) is 5.82 Å². The topological polar surface area (TPSA) is 42.2 Å². The molecule has 0 saturated carbocycles. The molecule has 1 aliphatic rings. The van der Waals surface area contributed by atoms with Crippen molar-refractivity contribution in [2.45, 2.75) is 0 Å². The van der Waals surface area contributed by atoms with Gasteiger partial charge in [0.2, 0.25) is 0 Å². The third-order valence-electron chi connectivity index (χ3n) is 2.65. The van der Waals surface area contributed by atoms with Crippen LogP contribution in [0.5, 0.6) is 0 Å². The zero-order valence-electron chi connectivity index (χ0n) is 9.10. The third-order valence-corrected chi connectivity index (χ3v) is 2.65. The molecule has 0 bridgehead atoms. The van der Waals surface area contributed by atoms with Crippen molar-refractivity contribution < 1.29 is 4.39 Å². The first-order valence-corrected chi connectivity index (χ1v) is 5.43. The molecule has 0 amide bonds. The summed E-state index contributed by atoms with van der Waals surface area (Å²) in [6.07, 6.45) is 3.33. The molecule has 1 aromatic heterocycles. The second-order valence-corrected chi connectivity index (χ2v) is 3.77. The normalized spacial score (nSPS) is 14.5. The van der Waals surface area contributed by atoms with E-state index >= 15 is 0 Å². The van der Waals surface area contributed by atoms with Gasteiger partial charge in [0.15, 0.2) is 0 Å². The molecule has 0 fully saturated rings. The van der Waals surface area contributed by atoms with Gasteiger partial charge in [0, 0.05) is 24.5 Å². The Bertz CT molecular complexity index is 560. The van der Waals surface area contributed by atoms with Gasteiger partial charge < -0.3 is 5.32 Å². The largest absolute Gasteiger partial charge is 0.368 e. The summed E-state index contributed by atoms with van der Waals surface area (Å²) < 4.78 is 15.4. The number of hydrogen-bond acceptors (Lipinski definition) is 3. The third kappa shape index (κ3) is 1.80. The molecule has 86 valence electrons. The minimum Gasteiger partial charge on any atom is -0.368 e. The van der Waals surface area contributed by atoms with Gasteiger partial charge in [-0.2, -0.15) is 5.10 Å². The van der Waals surface area contributed by atoms with Gasteiger partial charge >= 0.3 is 0 Å². The molecule has 0 aliphatic carbocycles. The Kier molecular flexibility index (Phi) is 2.36. The molecule has 17 heavy (non-hydrogen) atoms. The summed E-state index contributed by atoms with van der Waals surface area (Å²) in [4.78, 5) is 4.26. The van der Waals surface area contributed by atoms with Crippen molar-refractivity contribution in [2.24, 2.45) is 4.99 Å². The maximum Gasteiger partial charge on any atom is 0.149 e. The monoisotopic (exact) mass is 230 g/mol. The van der Waals surface area contributed by atoms with E-state index in [2.05, 4.69) is 15.4 Å². The van der Waals surface area contributed by atoms with Crippen molar-refractivity contribution in [3.8, 4) is 5.69 Å². The van der Waals surface area contributed by atoms with Crippen LogP contribution in [0.2, 0.25) is 0 Å². The first-order chi connectivity index (χ1) is 8.34. The highest BCUT2D eigenvalue weighted by atomic mass is 19.1. The Morgan fingerprint density at radius 1 is 1.35 bits per heavy atom. The molecule has 3 rings (SSSR count). The van der Waals surface area contributed by atoms with E-state index in [1.807, 2.05) is 6.07 Å². The molecule has 4 nitrogen and oxygen atoms in total. The summed E-state index contributed by atoms with van der Waals surface area (Å²) in [5.41, 5.74) is 1.22. The van der Waals surface area contributed by atoms with Gasteiger partial charge in [-0.15, -0.1) is 0 Å². The molecule has 1 aliphatic heterocycles. The second-order valence-electron chi connectivity index (χ2n) is 3.77. The summed E-state index contributed by atoms with van der Waals surface area (Å²) in [6.45, 7) is 1.57. The first-order valence-electron chi connectivity index (χ1n) is 5.43. The van der Waals surface area contributed by atoms with E-state index in [-0.39, 0.29) is 5.82 Å². The average Bonchev–Trinajstić information content (AvgIpc) is 3.02. The van der Waals surface area contributed by atoms with Crippen LogP contribution in [0.15, 0.2) is 41.7 Å². The molecule has 1 N–H and O–H groups in total. The number of nitrogens with one attached hydrogen (secondary N) is 1. The summed E-state index contributed by atoms with van der Waals surface area (Å²) in [7, 11) is 0. The molecule has 0 saturated heterocycles. The number of nitrogens with zero attached hydrogens (tertiary/aromatic N) is 3. The highest BCUT2D eigenvalue weighted by Crippen LogP contribution is 2.15. The zero-order valence-corrected chi connectivity index (χ0v) is 9.10. The van der Waals surface area contributed by atoms with Crippen molar-refractivity contribution in [1.82, 2.24) is 15.1 Å². The Morgan fingerprint density at radius 2 is 2.29 bits per heavy atom. The maximum absolute atomic E-state index is 13.9. The van der Waals surface area contributed by atoms with Gasteiger partial charge in [-0.25, -0.2) is 9.07 Å². The predicted molar refractivity (Wildman–Crippen MR) is 62.9 cm³/mol. The fraction of sp³-hybridized carbons (Fsp3) is 0.167. The van der Waals surface area contributed by atoms with Crippen LogP contribution in [-0.2, 0) is 0 Å². The van der Waals surface area contributed by atoms with Gasteiger partial charge in [-0.3, -0.25) is 4.99 Å². The molecule has 0 atom stereocenters. The lowest BCUT2D eigenvalue weighted by Crippen LogP contribution is -2.19. The Morgan fingerprint density at radius 3 is 2.94 bits per heavy atom. The molecular formula is C12H11FN4. The number of aromatic nitrogens is 2. The van der Waals surface area contributed by atoms with Gasteiger partial charge in [0.1, 0.15) is 17.3 Å². The molecule has 0 spiro atoms. The summed E-state index contributed by atoms with van der Waals surface area (Å²) in [6, 6.07) is 6.79. The van der Waals surface area contributed by atoms with Crippen LogP contribution >= 0.6 is 0 Å². The van der Waals surface area contributed by atoms with E-state index < -0.39 is 0 Å². The Labute approximate surface area is 97.8 Å². The smallest absolute Gasteiger partial charge is 0.149 e. The number of hydrogen-bond donors (Lipinski definition) is 1. The lowest BCUT2D eigenvalue weighted by molar-refractivity contribution is 0.610. The number of aliphatic imine (C=N–C) groups is 1. The van der Waals surface area contributed by atoms with Crippen LogP contribution in [0.3, 0.4) is 0 Å². The van der Waals surface area contributed by atoms with Crippen LogP contribution in [-0.4, -0.2) is 28.7 Å². The number of benzene rings is 1. The van der Waals surface area contributed by atoms with Crippen molar-refractivity contribution in [1.29, 1.82) is 0 Å². The van der Waals surface area contributed by atoms with Crippen LogP contribution in [0.1, 0.15) is 5.56 Å². The SMILES string of the molecule is Fc1cc(C2=NCCN2)ccc1-n1cccn1. The van der Waals surface area contributed by atoms with Crippen molar-refractivity contribution in [3.63, 3.8) is 0 Å². The lowest BCUT2D eigenvalue weighted by atomic mass is 10.2. The fourth-order valence-corrected chi connectivity index (χ4v) is 1.84. The summed E-state index contributed by atoms with van der Waals surface area (Å²) in [5, 5.41) is 7.12. The lowest BCUT2D eigenvalue weighted by Gasteiger charge is -2.06. The average molecular weight is 230 g/mol. The van der Waals surface area contributed by atoms with Crippen LogP contribution in [0.4, 0.5) is 4.39 Å². The van der Waals surface area contributed by atoms with Gasteiger partial charge in [0.05, 0.1) is 6.54 Å². The van der Waals surface area contributed by atoms with E-state index in [1.165, 1.54) is 10.7 Å². The van der Waals surface area contributed by atoms with Crippen LogP contribution < -0.4 is 5.32 Å². The molecule has 0 radical (unpaired) electrons. The van der Waals surface area contributed by atoms with E-state index in [9.17, 15) is 4.39 Å². The highest BCUT2D eigenvalue weighted by molar-refractivity contribution is 5.99. The Balaban J connectivity index is 1.99. The van der Waals surface area contributed by atoms with E-state index in [0.717, 1.165) is 24.5 Å². The number of amidine groups is 1. The fourth-order valence-electron chi connectivity index (χ4n) is 1.84. The van der Waals surface area contributed by atoms with E-state index in [0.29, 0.717) is 5.69 Å². The standard InChI is InChI=1S/C12H11FN4/c13-10-8-9(12-14-5-6-15-12)2-3-11(10)17-7-1-4-16-17/h1-4,7-8H,5-6H2,(H,14,15). The first kappa shape index (κ1) is 10.0. The van der Waals surface area contributed by atoms with Crippen molar-refractivity contribution >= 4 is 5.84 Å². The van der Waals surface area contributed by atoms with Gasteiger partial charge in [-0.05, 0) is 24.3 Å². The summed E-state index contributed by atoms with van der Waals surface area (Å²) in [5.74, 6) is 0.457. The molecule has 2 heterocycles. The minimum atomic E-state index is -0.303. The van der Waals surface area contributed by atoms with E-state index in [4.69, 9.17) is 0 Å². The number of rotatable bonds is 2. The Hall–Kier alpha value is -2.17. The van der Waals surface area contributed by atoms with E-state index in [1.54, 1.807) is 24.5 Å². The minimum absolute atomic E-state index is 0.303. The highest BCUT2D eigenvalue weighted by Gasteiger charge is 2.11. The molecule has 0 unspecified atom stereocenters.